The number of hydrogen-bond acceptors (Lipinski definition) is 5. The molecule has 2 aliphatic rings. The van der Waals surface area contributed by atoms with E-state index in [0.717, 1.165) is 17.1 Å². The van der Waals surface area contributed by atoms with Crippen LogP contribution in [-0.2, 0) is 20.4 Å². The van der Waals surface area contributed by atoms with Gasteiger partial charge in [0.05, 0.1) is 5.75 Å². The van der Waals surface area contributed by atoms with Crippen molar-refractivity contribution < 1.29 is 13.2 Å². The largest absolute Gasteiger partial charge is 0.369 e. The summed E-state index contributed by atoms with van der Waals surface area (Å²) in [7, 11) is -2.13. The molecule has 23 heavy (non-hydrogen) atoms. The van der Waals surface area contributed by atoms with Crippen LogP contribution in [-0.4, -0.2) is 37.4 Å². The molecule has 7 nitrogen and oxygen atoms in total. The first-order chi connectivity index (χ1) is 10.7. The molecule has 1 heterocycles. The van der Waals surface area contributed by atoms with Gasteiger partial charge in [-0.1, -0.05) is 12.1 Å². The molecule has 1 aromatic rings. The highest BCUT2D eigenvalue weighted by atomic mass is 32.2. The van der Waals surface area contributed by atoms with Crippen molar-refractivity contribution in [2.45, 2.75) is 25.3 Å². The van der Waals surface area contributed by atoms with Gasteiger partial charge in [0.15, 0.2) is 0 Å². The number of anilines is 1. The molecule has 0 aromatic heterocycles. The van der Waals surface area contributed by atoms with Crippen LogP contribution >= 0.6 is 0 Å². The molecular formula is C15H20N4O3S. The van der Waals surface area contributed by atoms with E-state index in [1.54, 1.807) is 31.2 Å². The average molecular weight is 336 g/mol. The second kappa shape index (κ2) is 5.23. The van der Waals surface area contributed by atoms with Crippen molar-refractivity contribution in [3.05, 3.63) is 29.8 Å². The predicted molar refractivity (Wildman–Crippen MR) is 88.3 cm³/mol. The zero-order chi connectivity index (χ0) is 16.8. The summed E-state index contributed by atoms with van der Waals surface area (Å²) >= 11 is 0. The van der Waals surface area contributed by atoms with Crippen LogP contribution in [0.25, 0.3) is 0 Å². The Morgan fingerprint density at radius 1 is 1.43 bits per heavy atom. The molecule has 3 rings (SSSR count). The third kappa shape index (κ3) is 3.03. The number of nitrogens with one attached hydrogen (secondary N) is 1. The minimum absolute atomic E-state index is 0.00585. The topological polar surface area (TPSA) is 105 Å². The van der Waals surface area contributed by atoms with E-state index < -0.39 is 15.6 Å². The van der Waals surface area contributed by atoms with E-state index in [9.17, 15) is 13.2 Å². The number of benzene rings is 1. The Morgan fingerprint density at radius 3 is 2.74 bits per heavy atom. The van der Waals surface area contributed by atoms with Crippen molar-refractivity contribution in [2.24, 2.45) is 16.6 Å². The minimum Gasteiger partial charge on any atom is -0.369 e. The van der Waals surface area contributed by atoms with Crippen molar-refractivity contribution in [1.82, 2.24) is 4.31 Å². The molecule has 1 aliphatic heterocycles. The van der Waals surface area contributed by atoms with Crippen LogP contribution in [0.15, 0.2) is 29.3 Å². The molecule has 0 bridgehead atoms. The van der Waals surface area contributed by atoms with E-state index in [1.165, 1.54) is 7.05 Å². The Hall–Kier alpha value is -2.09. The molecular weight excluding hydrogens is 316 g/mol. The fourth-order valence-corrected chi connectivity index (χ4v) is 4.08. The maximum absolute atomic E-state index is 12.2. The lowest BCUT2D eigenvalue weighted by molar-refractivity contribution is -0.117. The van der Waals surface area contributed by atoms with Gasteiger partial charge in [-0.2, -0.15) is 0 Å². The molecule has 3 N–H and O–H groups in total. The number of rotatable bonds is 3. The van der Waals surface area contributed by atoms with Crippen molar-refractivity contribution in [3.8, 4) is 0 Å². The van der Waals surface area contributed by atoms with Crippen LogP contribution < -0.4 is 11.1 Å². The number of nitrogens with two attached hydrogens (primary N) is 1. The lowest BCUT2D eigenvalue weighted by atomic mass is 9.94. The van der Waals surface area contributed by atoms with Gasteiger partial charge in [0.1, 0.15) is 5.54 Å². The van der Waals surface area contributed by atoms with E-state index in [-0.39, 0.29) is 23.5 Å². The molecule has 1 aromatic carbocycles. The number of nitrogens with zero attached hydrogens (tertiary/aromatic N) is 2. The van der Waals surface area contributed by atoms with E-state index in [2.05, 4.69) is 10.3 Å². The van der Waals surface area contributed by atoms with Crippen LogP contribution in [0, 0.1) is 5.92 Å². The first kappa shape index (κ1) is 15.8. The quantitative estimate of drug-likeness (QED) is 0.853. The lowest BCUT2D eigenvalue weighted by Crippen LogP contribution is -2.50. The number of guanidine groups is 1. The number of carbonyl (C=O) groups is 1. The number of aliphatic imine (C=N–C) groups is 1. The van der Waals surface area contributed by atoms with Crippen LogP contribution in [0.2, 0.25) is 0 Å². The molecule has 1 aliphatic carbocycles. The van der Waals surface area contributed by atoms with Crippen LogP contribution in [0.3, 0.4) is 0 Å². The van der Waals surface area contributed by atoms with Gasteiger partial charge in [-0.05, 0) is 37.5 Å². The summed E-state index contributed by atoms with van der Waals surface area (Å²) in [5.41, 5.74) is 6.13. The first-order valence-corrected chi connectivity index (χ1v) is 9.05. The van der Waals surface area contributed by atoms with E-state index in [4.69, 9.17) is 5.73 Å². The Morgan fingerprint density at radius 2 is 2.13 bits per heavy atom. The third-order valence-electron chi connectivity index (χ3n) is 4.26. The van der Waals surface area contributed by atoms with Crippen molar-refractivity contribution in [1.29, 1.82) is 0 Å². The van der Waals surface area contributed by atoms with Gasteiger partial charge in [0.2, 0.25) is 21.9 Å². The van der Waals surface area contributed by atoms with Crippen molar-refractivity contribution in [2.75, 3.05) is 18.1 Å². The summed E-state index contributed by atoms with van der Waals surface area (Å²) in [5.74, 6) is -0.0962. The summed E-state index contributed by atoms with van der Waals surface area (Å²) in [6.07, 6.45) is 1.85. The highest BCUT2D eigenvalue weighted by Crippen LogP contribution is 2.34. The minimum atomic E-state index is -3.52. The maximum Gasteiger partial charge on any atom is 0.239 e. The monoisotopic (exact) mass is 336 g/mol. The molecule has 0 spiro atoms. The van der Waals surface area contributed by atoms with Gasteiger partial charge in [-0.3, -0.25) is 4.79 Å². The molecule has 1 atom stereocenters. The lowest BCUT2D eigenvalue weighted by Gasteiger charge is -2.34. The molecule has 0 radical (unpaired) electrons. The molecule has 1 amide bonds. The molecule has 124 valence electrons. The average Bonchev–Trinajstić information content (AvgIpc) is 3.29. The molecule has 8 heteroatoms. The summed E-state index contributed by atoms with van der Waals surface area (Å²) in [5, 5.41) is 2.86. The summed E-state index contributed by atoms with van der Waals surface area (Å²) in [6.45, 7) is 1.73. The Bertz CT molecular complexity index is 786. The standard InChI is InChI=1S/C15H20N4O3S/c1-15(9-23(21,22)19(2)14(16)18-15)11-4-3-5-12(8-11)17-13(20)10-6-7-10/h3-5,8,10H,6-7,9H2,1-2H3,(H2,16,18)(H,17,20)/t15-/m0/s1. The first-order valence-electron chi connectivity index (χ1n) is 7.45. The zero-order valence-electron chi connectivity index (χ0n) is 13.1. The van der Waals surface area contributed by atoms with Crippen molar-refractivity contribution in [3.63, 3.8) is 0 Å². The second-order valence-electron chi connectivity index (χ2n) is 6.31. The van der Waals surface area contributed by atoms with Gasteiger partial charge in [0.25, 0.3) is 0 Å². The molecule has 1 saturated carbocycles. The maximum atomic E-state index is 12.2. The Labute approximate surface area is 135 Å². The smallest absolute Gasteiger partial charge is 0.239 e. The van der Waals surface area contributed by atoms with Crippen LogP contribution in [0.1, 0.15) is 25.3 Å². The molecule has 1 fully saturated rings. The molecule has 0 unspecified atom stereocenters. The zero-order valence-corrected chi connectivity index (χ0v) is 13.9. The number of sulfonamides is 1. The normalized spacial score (nSPS) is 26.5. The van der Waals surface area contributed by atoms with E-state index >= 15 is 0 Å². The summed E-state index contributed by atoms with van der Waals surface area (Å²) in [6, 6.07) is 7.12. The van der Waals surface area contributed by atoms with Gasteiger partial charge in [-0.15, -0.1) is 0 Å². The number of carbonyl (C=O) groups excluding carboxylic acids is 1. The van der Waals surface area contributed by atoms with Crippen LogP contribution in [0.4, 0.5) is 5.69 Å². The number of amides is 1. The summed E-state index contributed by atoms with van der Waals surface area (Å²) in [4.78, 5) is 16.2. The fourth-order valence-electron chi connectivity index (χ4n) is 2.62. The van der Waals surface area contributed by atoms with Crippen LogP contribution in [0.5, 0.6) is 0 Å². The third-order valence-corrected chi connectivity index (χ3v) is 6.21. The van der Waals surface area contributed by atoms with Gasteiger partial charge in [0, 0.05) is 18.7 Å². The highest BCUT2D eigenvalue weighted by molar-refractivity contribution is 7.89. The SMILES string of the molecule is CN1C(N)=N[C@](C)(c2cccc(NC(=O)C3CC3)c2)CS1(=O)=O. The Balaban J connectivity index is 1.93. The van der Waals surface area contributed by atoms with Gasteiger partial charge >= 0.3 is 0 Å². The summed E-state index contributed by atoms with van der Waals surface area (Å²) < 4.78 is 25.5. The van der Waals surface area contributed by atoms with E-state index in [0.29, 0.717) is 11.3 Å². The van der Waals surface area contributed by atoms with Gasteiger partial charge in [-0.25, -0.2) is 17.7 Å². The second-order valence-corrected chi connectivity index (χ2v) is 8.31. The predicted octanol–water partition coefficient (Wildman–Crippen LogP) is 0.840. The molecule has 0 saturated heterocycles. The Kier molecular flexibility index (Phi) is 3.59. The van der Waals surface area contributed by atoms with Crippen molar-refractivity contribution >= 4 is 27.6 Å². The number of hydrogen-bond donors (Lipinski definition) is 2. The highest BCUT2D eigenvalue weighted by Gasteiger charge is 2.40. The fraction of sp³-hybridized carbons (Fsp3) is 0.467. The van der Waals surface area contributed by atoms with E-state index in [1.807, 2.05) is 0 Å². The van der Waals surface area contributed by atoms with Gasteiger partial charge < -0.3 is 11.1 Å².